The van der Waals surface area contributed by atoms with E-state index in [1.807, 2.05) is 18.0 Å². The Hall–Kier alpha value is -1.65. The third-order valence-corrected chi connectivity index (χ3v) is 5.07. The van der Waals surface area contributed by atoms with Crippen LogP contribution in [0.15, 0.2) is 12.3 Å². The van der Waals surface area contributed by atoms with E-state index in [-0.39, 0.29) is 5.91 Å². The average molecular weight is 302 g/mol. The van der Waals surface area contributed by atoms with Gasteiger partial charge in [0.15, 0.2) is 0 Å². The molecular formula is C17H26N4O. The zero-order chi connectivity index (χ0) is 15.5. The number of anilines is 1. The van der Waals surface area contributed by atoms with Gasteiger partial charge in [-0.2, -0.15) is 0 Å². The molecule has 0 bridgehead atoms. The predicted molar refractivity (Wildman–Crippen MR) is 86.9 cm³/mol. The maximum Gasteiger partial charge on any atom is 0.225 e. The number of likely N-dealkylation sites (N-methyl/N-ethyl adjacent to an activating group) is 1. The number of aromatic nitrogens is 2. The summed E-state index contributed by atoms with van der Waals surface area (Å²) in [7, 11) is 0. The molecule has 1 atom stereocenters. The number of hydrogen-bond donors (Lipinski definition) is 0. The SMILES string of the molecule is CCN(C(C)=O)[C@H]1CCN(c2nccc(C3CCCC3)n2)C1. The van der Waals surface area contributed by atoms with Crippen molar-refractivity contribution in [1.29, 1.82) is 0 Å². The van der Waals surface area contributed by atoms with Crippen LogP contribution >= 0.6 is 0 Å². The van der Waals surface area contributed by atoms with Crippen molar-refractivity contribution in [2.24, 2.45) is 0 Å². The van der Waals surface area contributed by atoms with Crippen LogP contribution in [0.3, 0.4) is 0 Å². The Morgan fingerprint density at radius 3 is 2.82 bits per heavy atom. The molecule has 2 heterocycles. The monoisotopic (exact) mass is 302 g/mol. The highest BCUT2D eigenvalue weighted by atomic mass is 16.2. The summed E-state index contributed by atoms with van der Waals surface area (Å²) < 4.78 is 0. The second-order valence-corrected chi connectivity index (χ2v) is 6.46. The first-order chi connectivity index (χ1) is 10.7. The first kappa shape index (κ1) is 15.3. The molecule has 0 spiro atoms. The van der Waals surface area contributed by atoms with E-state index in [0.717, 1.165) is 32.0 Å². The van der Waals surface area contributed by atoms with Gasteiger partial charge in [0.2, 0.25) is 11.9 Å². The lowest BCUT2D eigenvalue weighted by atomic mass is 10.0. The zero-order valence-electron chi connectivity index (χ0n) is 13.7. The van der Waals surface area contributed by atoms with Gasteiger partial charge in [-0.15, -0.1) is 0 Å². The number of carbonyl (C=O) groups excluding carboxylic acids is 1. The number of amides is 1. The first-order valence-electron chi connectivity index (χ1n) is 8.54. The second-order valence-electron chi connectivity index (χ2n) is 6.46. The van der Waals surface area contributed by atoms with Gasteiger partial charge in [-0.05, 0) is 32.3 Å². The Morgan fingerprint density at radius 1 is 1.36 bits per heavy atom. The van der Waals surface area contributed by atoms with Gasteiger partial charge in [0, 0.05) is 44.4 Å². The van der Waals surface area contributed by atoms with Crippen LogP contribution in [-0.2, 0) is 4.79 Å². The summed E-state index contributed by atoms with van der Waals surface area (Å²) in [4.78, 5) is 25.2. The standard InChI is InChI=1S/C17H26N4O/c1-3-21(13(2)22)15-9-11-20(12-15)17-18-10-8-16(19-17)14-6-4-5-7-14/h8,10,14-15H,3-7,9,11-12H2,1-2H3/t15-/m0/s1. The Labute approximate surface area is 132 Å². The number of nitrogens with zero attached hydrogens (tertiary/aromatic N) is 4. The third-order valence-electron chi connectivity index (χ3n) is 5.07. The molecule has 1 saturated carbocycles. The minimum Gasteiger partial charge on any atom is -0.339 e. The fraction of sp³-hybridized carbons (Fsp3) is 0.706. The minimum absolute atomic E-state index is 0.162. The molecule has 120 valence electrons. The van der Waals surface area contributed by atoms with Gasteiger partial charge >= 0.3 is 0 Å². The molecule has 2 aliphatic rings. The lowest BCUT2D eigenvalue weighted by Gasteiger charge is -2.26. The van der Waals surface area contributed by atoms with Gasteiger partial charge in [-0.25, -0.2) is 9.97 Å². The van der Waals surface area contributed by atoms with Gasteiger partial charge in [-0.1, -0.05) is 12.8 Å². The quantitative estimate of drug-likeness (QED) is 0.858. The van der Waals surface area contributed by atoms with Crippen LogP contribution in [0.25, 0.3) is 0 Å². The summed E-state index contributed by atoms with van der Waals surface area (Å²) in [6.07, 6.45) is 8.05. The Kier molecular flexibility index (Phi) is 4.60. The van der Waals surface area contributed by atoms with Crippen molar-refractivity contribution in [3.8, 4) is 0 Å². The number of carbonyl (C=O) groups is 1. The maximum atomic E-state index is 11.7. The molecule has 0 unspecified atom stereocenters. The maximum absolute atomic E-state index is 11.7. The molecule has 1 aromatic heterocycles. The molecule has 1 aliphatic heterocycles. The van der Waals surface area contributed by atoms with Crippen LogP contribution in [0, 0.1) is 0 Å². The van der Waals surface area contributed by atoms with Crippen LogP contribution in [0.1, 0.15) is 57.6 Å². The lowest BCUT2D eigenvalue weighted by Crippen LogP contribution is -2.40. The fourth-order valence-electron chi connectivity index (χ4n) is 3.88. The van der Waals surface area contributed by atoms with E-state index < -0.39 is 0 Å². The molecule has 0 radical (unpaired) electrons. The van der Waals surface area contributed by atoms with Gasteiger partial charge in [0.25, 0.3) is 0 Å². The van der Waals surface area contributed by atoms with Crippen LogP contribution in [0.5, 0.6) is 0 Å². The van der Waals surface area contributed by atoms with Crippen LogP contribution in [-0.4, -0.2) is 46.5 Å². The van der Waals surface area contributed by atoms with E-state index in [9.17, 15) is 4.79 Å². The highest BCUT2D eigenvalue weighted by molar-refractivity contribution is 5.73. The number of hydrogen-bond acceptors (Lipinski definition) is 4. The smallest absolute Gasteiger partial charge is 0.225 e. The molecule has 1 aromatic rings. The molecule has 5 heteroatoms. The van der Waals surface area contributed by atoms with E-state index in [1.54, 1.807) is 6.92 Å². The van der Waals surface area contributed by atoms with Crippen molar-refractivity contribution in [1.82, 2.24) is 14.9 Å². The summed E-state index contributed by atoms with van der Waals surface area (Å²) in [5, 5.41) is 0. The van der Waals surface area contributed by atoms with Gasteiger partial charge in [-0.3, -0.25) is 4.79 Å². The van der Waals surface area contributed by atoms with Gasteiger partial charge in [0.1, 0.15) is 0 Å². The Balaban J connectivity index is 1.70. The Bertz CT molecular complexity index is 527. The summed E-state index contributed by atoms with van der Waals surface area (Å²) in [6, 6.07) is 2.36. The minimum atomic E-state index is 0.162. The van der Waals surface area contributed by atoms with Crippen molar-refractivity contribution in [3.05, 3.63) is 18.0 Å². The van der Waals surface area contributed by atoms with Crippen LogP contribution < -0.4 is 4.90 Å². The molecule has 2 fully saturated rings. The topological polar surface area (TPSA) is 49.3 Å². The van der Waals surface area contributed by atoms with E-state index >= 15 is 0 Å². The van der Waals surface area contributed by atoms with E-state index in [4.69, 9.17) is 4.98 Å². The van der Waals surface area contributed by atoms with E-state index in [2.05, 4.69) is 16.0 Å². The van der Waals surface area contributed by atoms with Crippen LogP contribution in [0.2, 0.25) is 0 Å². The van der Waals surface area contributed by atoms with Gasteiger partial charge in [0.05, 0.1) is 6.04 Å². The Morgan fingerprint density at radius 2 is 2.14 bits per heavy atom. The first-order valence-corrected chi connectivity index (χ1v) is 8.54. The molecule has 1 aliphatic carbocycles. The van der Waals surface area contributed by atoms with Crippen molar-refractivity contribution < 1.29 is 4.79 Å². The van der Waals surface area contributed by atoms with Crippen molar-refractivity contribution in [3.63, 3.8) is 0 Å². The van der Waals surface area contributed by atoms with Crippen molar-refractivity contribution in [2.75, 3.05) is 24.5 Å². The molecule has 1 saturated heterocycles. The summed E-state index contributed by atoms with van der Waals surface area (Å²) in [5.74, 6) is 1.62. The molecule has 22 heavy (non-hydrogen) atoms. The van der Waals surface area contributed by atoms with E-state index in [0.29, 0.717) is 12.0 Å². The number of rotatable bonds is 4. The summed E-state index contributed by atoms with van der Waals surface area (Å²) >= 11 is 0. The second kappa shape index (κ2) is 6.63. The van der Waals surface area contributed by atoms with E-state index in [1.165, 1.54) is 31.4 Å². The molecule has 1 amide bonds. The molecule has 5 nitrogen and oxygen atoms in total. The summed E-state index contributed by atoms with van der Waals surface area (Å²) in [6.45, 7) is 6.26. The highest BCUT2D eigenvalue weighted by Crippen LogP contribution is 2.33. The highest BCUT2D eigenvalue weighted by Gasteiger charge is 2.30. The summed E-state index contributed by atoms with van der Waals surface area (Å²) in [5.41, 5.74) is 1.20. The normalized spacial score (nSPS) is 22.3. The van der Waals surface area contributed by atoms with Crippen molar-refractivity contribution in [2.45, 2.75) is 57.9 Å². The predicted octanol–water partition coefficient (Wildman–Crippen LogP) is 2.58. The fourth-order valence-corrected chi connectivity index (χ4v) is 3.88. The third kappa shape index (κ3) is 3.08. The molecule has 3 rings (SSSR count). The lowest BCUT2D eigenvalue weighted by molar-refractivity contribution is -0.130. The largest absolute Gasteiger partial charge is 0.339 e. The molecular weight excluding hydrogens is 276 g/mol. The molecule has 0 N–H and O–H groups in total. The zero-order valence-corrected chi connectivity index (χ0v) is 13.7. The van der Waals surface area contributed by atoms with Gasteiger partial charge < -0.3 is 9.80 Å². The van der Waals surface area contributed by atoms with Crippen LogP contribution in [0.4, 0.5) is 5.95 Å². The molecule has 0 aromatic carbocycles. The van der Waals surface area contributed by atoms with Crippen molar-refractivity contribution >= 4 is 11.9 Å². The average Bonchev–Trinajstić information content (AvgIpc) is 3.20.